The molecule has 0 aromatic carbocycles. The summed E-state index contributed by atoms with van der Waals surface area (Å²) in [5.41, 5.74) is -1.38. The molecule has 2 aliphatic heterocycles. The first-order valence-corrected chi connectivity index (χ1v) is 8.89. The van der Waals surface area contributed by atoms with E-state index < -0.39 is 22.2 Å². The maximum absolute atomic E-state index is 12.9. The number of rotatable bonds is 2. The Kier molecular flexibility index (Phi) is 4.35. The van der Waals surface area contributed by atoms with Crippen molar-refractivity contribution in [2.75, 3.05) is 13.2 Å². The van der Waals surface area contributed by atoms with Crippen LogP contribution in [0.25, 0.3) is 0 Å². The fraction of sp³-hybridized carbons (Fsp3) is 1.00. The van der Waals surface area contributed by atoms with Crippen LogP contribution in [0.15, 0.2) is 0 Å². The lowest BCUT2D eigenvalue weighted by molar-refractivity contribution is -0.118. The van der Waals surface area contributed by atoms with Crippen molar-refractivity contribution in [3.8, 4) is 0 Å². The van der Waals surface area contributed by atoms with Crippen molar-refractivity contribution >= 4 is 26.9 Å². The van der Waals surface area contributed by atoms with Crippen LogP contribution >= 0.6 is 0 Å². The summed E-state index contributed by atoms with van der Waals surface area (Å²) >= 11 is -1.03. The Bertz CT molecular complexity index is 409. The van der Waals surface area contributed by atoms with E-state index >= 15 is 0 Å². The highest BCUT2D eigenvalue weighted by Crippen LogP contribution is 2.48. The van der Waals surface area contributed by atoms with E-state index in [2.05, 4.69) is 0 Å². The molecule has 0 spiro atoms. The van der Waals surface area contributed by atoms with Crippen LogP contribution in [0.5, 0.6) is 0 Å². The van der Waals surface area contributed by atoms with Crippen molar-refractivity contribution in [1.82, 2.24) is 0 Å². The van der Waals surface area contributed by atoms with Gasteiger partial charge in [-0.25, -0.2) is 0 Å². The molecule has 0 saturated carbocycles. The summed E-state index contributed by atoms with van der Waals surface area (Å²) in [6, 6.07) is 0. The summed E-state index contributed by atoms with van der Waals surface area (Å²) in [5, 5.41) is -0.129. The van der Waals surface area contributed by atoms with E-state index in [1.807, 2.05) is 57.2 Å². The van der Waals surface area contributed by atoms with Gasteiger partial charge in [0, 0.05) is 0 Å². The minimum absolute atomic E-state index is 0.129. The second-order valence-corrected chi connectivity index (χ2v) is 10.8. The van der Waals surface area contributed by atoms with E-state index in [1.165, 1.54) is 0 Å². The van der Waals surface area contributed by atoms with Gasteiger partial charge >= 0.3 is 0 Å². The van der Waals surface area contributed by atoms with Gasteiger partial charge in [0.05, 0.1) is 24.3 Å². The third-order valence-corrected chi connectivity index (χ3v) is 6.95. The molecule has 0 bridgehead atoms. The molecule has 2 aliphatic rings. The quantitative estimate of drug-likeness (QED) is 0.523. The molecule has 2 fully saturated rings. The Labute approximate surface area is 133 Å². The SMILES string of the molecule is B[C@]12OCC([S+]([O-])C(C)(C)C)[C@@]1(B)OCC2OC(C)(C)C. The van der Waals surface area contributed by atoms with Gasteiger partial charge in [-0.05, 0) is 52.7 Å². The molecule has 2 rings (SSSR count). The average molecular weight is 314 g/mol. The van der Waals surface area contributed by atoms with Crippen molar-refractivity contribution in [2.24, 2.45) is 0 Å². The number of fused-ring (bicyclic) bond motifs is 1. The van der Waals surface area contributed by atoms with Gasteiger partial charge in [-0.3, -0.25) is 0 Å². The highest BCUT2D eigenvalue weighted by Gasteiger charge is 2.69. The van der Waals surface area contributed by atoms with Gasteiger partial charge in [0.2, 0.25) is 0 Å². The van der Waals surface area contributed by atoms with Crippen molar-refractivity contribution in [2.45, 2.75) is 74.2 Å². The maximum Gasteiger partial charge on any atom is 0.162 e. The van der Waals surface area contributed by atoms with Crippen LogP contribution in [0, 0.1) is 0 Å². The Morgan fingerprint density at radius 1 is 1.05 bits per heavy atom. The molecule has 0 radical (unpaired) electrons. The number of hydrogen-bond acceptors (Lipinski definition) is 4. The minimum Gasteiger partial charge on any atom is -0.616 e. The van der Waals surface area contributed by atoms with Crippen molar-refractivity contribution in [1.29, 1.82) is 0 Å². The largest absolute Gasteiger partial charge is 0.616 e. The van der Waals surface area contributed by atoms with Crippen LogP contribution in [-0.4, -0.2) is 66.2 Å². The highest BCUT2D eigenvalue weighted by atomic mass is 32.2. The molecule has 120 valence electrons. The molecule has 3 unspecified atom stereocenters. The van der Waals surface area contributed by atoms with Gasteiger partial charge in [0.15, 0.2) is 13.1 Å². The molecule has 2 saturated heterocycles. The predicted molar refractivity (Wildman–Crippen MR) is 90.8 cm³/mol. The third-order valence-electron chi connectivity index (χ3n) is 4.64. The normalized spacial score (nSPS) is 42.0. The number of ether oxygens (including phenoxy) is 3. The first-order chi connectivity index (χ1) is 9.31. The van der Waals surface area contributed by atoms with E-state index in [-0.39, 0.29) is 21.7 Å². The second kappa shape index (κ2) is 5.17. The lowest BCUT2D eigenvalue weighted by Gasteiger charge is -2.41. The van der Waals surface area contributed by atoms with E-state index in [0.717, 1.165) is 0 Å². The highest BCUT2D eigenvalue weighted by molar-refractivity contribution is 7.93. The zero-order chi connectivity index (χ0) is 16.3. The standard InChI is InChI=1S/C14H28B2O4S/c1-11(2,3)20-9-7-18-14(16)10(8-19-13(9,14)15)21(17)12(4,5)6/h9-10H,7-8,15-16H2,1-6H3/t9?,10?,13-,14-,21?/m1/s1. The molecule has 2 heterocycles. The van der Waals surface area contributed by atoms with Crippen LogP contribution in [-0.2, 0) is 25.4 Å². The van der Waals surface area contributed by atoms with Crippen molar-refractivity contribution in [3.05, 3.63) is 0 Å². The molecule has 21 heavy (non-hydrogen) atoms. The van der Waals surface area contributed by atoms with E-state index in [1.54, 1.807) is 0 Å². The van der Waals surface area contributed by atoms with Crippen LogP contribution in [0.2, 0.25) is 0 Å². The van der Waals surface area contributed by atoms with E-state index in [4.69, 9.17) is 14.2 Å². The smallest absolute Gasteiger partial charge is 0.162 e. The van der Waals surface area contributed by atoms with Crippen LogP contribution in [0.4, 0.5) is 0 Å². The van der Waals surface area contributed by atoms with Crippen LogP contribution in [0.3, 0.4) is 0 Å². The summed E-state index contributed by atoms with van der Waals surface area (Å²) in [6.45, 7) is 13.0. The summed E-state index contributed by atoms with van der Waals surface area (Å²) in [6.07, 6.45) is -0.135. The molecule has 0 aliphatic carbocycles. The zero-order valence-corrected chi connectivity index (χ0v) is 15.4. The minimum atomic E-state index is -1.03. The monoisotopic (exact) mass is 314 g/mol. The molecule has 7 heteroatoms. The molecule has 0 N–H and O–H groups in total. The lowest BCUT2D eigenvalue weighted by Crippen LogP contribution is -2.62. The first kappa shape index (κ1) is 17.7. The summed E-state index contributed by atoms with van der Waals surface area (Å²) in [7, 11) is 4.07. The molecule has 4 nitrogen and oxygen atoms in total. The molecule has 5 atom stereocenters. The second-order valence-electron chi connectivity index (χ2n) is 8.45. The lowest BCUT2D eigenvalue weighted by atomic mass is 9.58. The molecule has 0 amide bonds. The van der Waals surface area contributed by atoms with E-state index in [9.17, 15) is 4.55 Å². The van der Waals surface area contributed by atoms with Gasteiger partial charge in [0.1, 0.15) is 24.2 Å². The van der Waals surface area contributed by atoms with Gasteiger partial charge in [-0.15, -0.1) is 0 Å². The molecular formula is C14H28B2O4S. The predicted octanol–water partition coefficient (Wildman–Crippen LogP) is -0.195. The van der Waals surface area contributed by atoms with E-state index in [0.29, 0.717) is 13.2 Å². The fourth-order valence-electron chi connectivity index (χ4n) is 3.19. The molecule has 0 aromatic rings. The van der Waals surface area contributed by atoms with Gasteiger partial charge < -0.3 is 18.8 Å². The van der Waals surface area contributed by atoms with Gasteiger partial charge in [0.25, 0.3) is 0 Å². The zero-order valence-electron chi connectivity index (χ0n) is 14.6. The first-order valence-electron chi connectivity index (χ1n) is 7.68. The topological polar surface area (TPSA) is 50.8 Å². The third kappa shape index (κ3) is 2.92. The summed E-state index contributed by atoms with van der Waals surface area (Å²) < 4.78 is 30.9. The molecular weight excluding hydrogens is 286 g/mol. The van der Waals surface area contributed by atoms with Crippen molar-refractivity contribution in [3.63, 3.8) is 0 Å². The van der Waals surface area contributed by atoms with Gasteiger partial charge in [-0.2, -0.15) is 0 Å². The maximum atomic E-state index is 12.9. The Hall–Kier alpha value is 0.320. The fourth-order valence-corrected chi connectivity index (χ4v) is 4.95. The van der Waals surface area contributed by atoms with Crippen molar-refractivity contribution < 1.29 is 18.8 Å². The summed E-state index contributed by atoms with van der Waals surface area (Å²) in [4.78, 5) is 0. The Morgan fingerprint density at radius 2 is 1.57 bits per heavy atom. The number of hydrogen-bond donors (Lipinski definition) is 0. The Morgan fingerprint density at radius 3 is 2.05 bits per heavy atom. The summed E-state index contributed by atoms with van der Waals surface area (Å²) in [5.74, 6) is 0. The van der Waals surface area contributed by atoms with Crippen LogP contribution < -0.4 is 0 Å². The van der Waals surface area contributed by atoms with Gasteiger partial charge in [-0.1, -0.05) is 0 Å². The van der Waals surface area contributed by atoms with Crippen LogP contribution in [0.1, 0.15) is 41.5 Å². The molecule has 0 aromatic heterocycles. The Balaban J connectivity index is 2.25. The average Bonchev–Trinajstić information content (AvgIpc) is 2.67.